The molecule has 0 aliphatic heterocycles. The minimum absolute atomic E-state index is 0.0903. The quantitative estimate of drug-likeness (QED) is 0.485. The van der Waals surface area contributed by atoms with Crippen molar-refractivity contribution >= 4 is 33.8 Å². The molecule has 0 fully saturated rings. The van der Waals surface area contributed by atoms with Gasteiger partial charge in [-0.25, -0.2) is 9.59 Å². The van der Waals surface area contributed by atoms with Gasteiger partial charge in [0, 0.05) is 10.0 Å². The smallest absolute Gasteiger partial charge is 0.408 e. The molecule has 6 nitrogen and oxygen atoms in total. The molecule has 0 bridgehead atoms. The van der Waals surface area contributed by atoms with Gasteiger partial charge in [0.25, 0.3) is 0 Å². The first-order valence-electron chi connectivity index (χ1n) is 8.80. The van der Waals surface area contributed by atoms with Gasteiger partial charge in [0.15, 0.2) is 6.61 Å². The van der Waals surface area contributed by atoms with Crippen molar-refractivity contribution in [3.63, 3.8) is 0 Å². The van der Waals surface area contributed by atoms with Gasteiger partial charge in [0.05, 0.1) is 0 Å². The Balaban J connectivity index is 1.88. The lowest BCUT2D eigenvalue weighted by atomic mass is 10.1. The zero-order valence-electron chi connectivity index (χ0n) is 15.7. The summed E-state index contributed by atoms with van der Waals surface area (Å²) in [7, 11) is 0. The average Bonchev–Trinajstić information content (AvgIpc) is 2.69. The predicted octanol–water partition coefficient (Wildman–Crippen LogP) is 4.13. The molecule has 28 heavy (non-hydrogen) atoms. The predicted molar refractivity (Wildman–Crippen MR) is 108 cm³/mol. The highest BCUT2D eigenvalue weighted by Crippen LogP contribution is 2.16. The van der Waals surface area contributed by atoms with Gasteiger partial charge in [-0.15, -0.1) is 0 Å². The third kappa shape index (κ3) is 6.49. The highest BCUT2D eigenvalue weighted by Gasteiger charge is 2.27. The van der Waals surface area contributed by atoms with Crippen molar-refractivity contribution in [2.75, 3.05) is 6.61 Å². The van der Waals surface area contributed by atoms with Crippen molar-refractivity contribution < 1.29 is 23.9 Å². The van der Waals surface area contributed by atoms with Gasteiger partial charge in [0.2, 0.25) is 5.78 Å². The number of carbonyl (C=O) groups excluding carboxylic acids is 3. The van der Waals surface area contributed by atoms with E-state index in [0.717, 1.165) is 5.56 Å². The van der Waals surface area contributed by atoms with Crippen LogP contribution in [0.25, 0.3) is 0 Å². The Labute approximate surface area is 172 Å². The molecule has 2 rings (SSSR count). The molecule has 0 heterocycles. The molecule has 1 N–H and O–H groups in total. The van der Waals surface area contributed by atoms with E-state index in [-0.39, 0.29) is 18.3 Å². The molecule has 0 saturated carbocycles. The molecule has 1 amide bonds. The number of alkyl carbamates (subject to hydrolysis) is 1. The number of hydrogen-bond acceptors (Lipinski definition) is 5. The Morgan fingerprint density at radius 1 is 0.964 bits per heavy atom. The molecule has 148 valence electrons. The number of hydrogen-bond donors (Lipinski definition) is 1. The summed E-state index contributed by atoms with van der Waals surface area (Å²) in [5, 5.41) is 2.51. The van der Waals surface area contributed by atoms with Gasteiger partial charge in [-0.2, -0.15) is 0 Å². The highest BCUT2D eigenvalue weighted by atomic mass is 79.9. The molecular formula is C21H22BrNO5. The van der Waals surface area contributed by atoms with Gasteiger partial charge < -0.3 is 14.8 Å². The number of esters is 1. The lowest BCUT2D eigenvalue weighted by Gasteiger charge is -2.20. The molecule has 7 heteroatoms. The molecule has 1 atom stereocenters. The van der Waals surface area contributed by atoms with E-state index >= 15 is 0 Å². The Kier molecular flexibility index (Phi) is 8.19. The van der Waals surface area contributed by atoms with Gasteiger partial charge in [-0.1, -0.05) is 78.3 Å². The minimum Gasteiger partial charge on any atom is -0.456 e. The second-order valence-corrected chi connectivity index (χ2v) is 7.29. The average molecular weight is 448 g/mol. The number of benzene rings is 2. The lowest BCUT2D eigenvalue weighted by molar-refractivity contribution is -0.146. The summed E-state index contributed by atoms with van der Waals surface area (Å²) in [5.74, 6) is -1.27. The number of rotatable bonds is 8. The maximum atomic E-state index is 12.4. The van der Waals surface area contributed by atoms with Crippen LogP contribution in [0.1, 0.15) is 29.8 Å². The van der Waals surface area contributed by atoms with Gasteiger partial charge >= 0.3 is 12.1 Å². The number of amides is 1. The zero-order chi connectivity index (χ0) is 20.5. The van der Waals surface area contributed by atoms with Crippen LogP contribution in [-0.2, 0) is 20.9 Å². The van der Waals surface area contributed by atoms with Crippen molar-refractivity contribution in [3.05, 3.63) is 70.2 Å². The number of ketones is 1. The van der Waals surface area contributed by atoms with Crippen LogP contribution in [-0.4, -0.2) is 30.5 Å². The van der Waals surface area contributed by atoms with E-state index < -0.39 is 24.7 Å². The SMILES string of the molecule is CC(C)[C@H](NC(=O)OCc1ccccc1)C(=O)OCC(=O)c1ccccc1Br. The molecule has 0 aromatic heterocycles. The van der Waals surface area contributed by atoms with Crippen molar-refractivity contribution in [2.24, 2.45) is 5.92 Å². The fourth-order valence-corrected chi connectivity index (χ4v) is 2.89. The highest BCUT2D eigenvalue weighted by molar-refractivity contribution is 9.10. The van der Waals surface area contributed by atoms with E-state index in [0.29, 0.717) is 10.0 Å². The summed E-state index contributed by atoms with van der Waals surface area (Å²) >= 11 is 3.29. The fraction of sp³-hybridized carbons (Fsp3) is 0.286. The first kappa shape index (κ1) is 21.6. The molecule has 0 spiro atoms. The Morgan fingerprint density at radius 2 is 1.61 bits per heavy atom. The fourth-order valence-electron chi connectivity index (χ4n) is 2.38. The standard InChI is InChI=1S/C21H22BrNO5/c1-14(2)19(23-21(26)28-12-15-8-4-3-5-9-15)20(25)27-13-18(24)16-10-6-7-11-17(16)22/h3-11,14,19H,12-13H2,1-2H3,(H,23,26)/t19-/m0/s1. The monoisotopic (exact) mass is 447 g/mol. The normalized spacial score (nSPS) is 11.6. The van der Waals surface area contributed by atoms with Crippen molar-refractivity contribution in [1.82, 2.24) is 5.32 Å². The number of halogens is 1. The summed E-state index contributed by atoms with van der Waals surface area (Å²) in [6.07, 6.45) is -0.725. The van der Waals surface area contributed by atoms with Crippen LogP contribution in [0, 0.1) is 5.92 Å². The Morgan fingerprint density at radius 3 is 2.25 bits per heavy atom. The minimum atomic E-state index is -0.921. The number of nitrogens with one attached hydrogen (secondary N) is 1. The van der Waals surface area contributed by atoms with Crippen LogP contribution >= 0.6 is 15.9 Å². The zero-order valence-corrected chi connectivity index (χ0v) is 17.3. The lowest BCUT2D eigenvalue weighted by Crippen LogP contribution is -2.45. The molecule has 0 unspecified atom stereocenters. The van der Waals surface area contributed by atoms with Crippen LogP contribution in [0.2, 0.25) is 0 Å². The number of ether oxygens (including phenoxy) is 2. The molecule has 2 aromatic rings. The van der Waals surface area contributed by atoms with E-state index in [2.05, 4.69) is 21.2 Å². The summed E-state index contributed by atoms with van der Waals surface area (Å²) in [4.78, 5) is 36.6. The van der Waals surface area contributed by atoms with Crippen LogP contribution in [0.4, 0.5) is 4.79 Å². The third-order valence-electron chi connectivity index (χ3n) is 3.93. The van der Waals surface area contributed by atoms with Crippen molar-refractivity contribution in [3.8, 4) is 0 Å². The largest absolute Gasteiger partial charge is 0.456 e. The summed E-state index contributed by atoms with van der Waals surface area (Å²) in [5.41, 5.74) is 1.26. The van der Waals surface area contributed by atoms with Crippen LogP contribution < -0.4 is 5.32 Å². The van der Waals surface area contributed by atoms with Crippen molar-refractivity contribution in [1.29, 1.82) is 0 Å². The molecule has 0 radical (unpaired) electrons. The summed E-state index contributed by atoms with van der Waals surface area (Å²) in [6.45, 7) is 3.20. The number of Topliss-reactive ketones (excluding diaryl/α,β-unsaturated/α-hetero) is 1. The van der Waals surface area contributed by atoms with Crippen LogP contribution in [0.15, 0.2) is 59.1 Å². The maximum absolute atomic E-state index is 12.4. The molecule has 0 aliphatic rings. The van der Waals surface area contributed by atoms with Gasteiger partial charge in [-0.3, -0.25) is 4.79 Å². The van der Waals surface area contributed by atoms with E-state index in [4.69, 9.17) is 9.47 Å². The van der Waals surface area contributed by atoms with Crippen molar-refractivity contribution in [2.45, 2.75) is 26.5 Å². The Hall–Kier alpha value is -2.67. The second kappa shape index (κ2) is 10.6. The van der Waals surface area contributed by atoms with Crippen LogP contribution in [0.3, 0.4) is 0 Å². The topological polar surface area (TPSA) is 81.7 Å². The summed E-state index contributed by atoms with van der Waals surface area (Å²) in [6, 6.07) is 15.2. The van der Waals surface area contributed by atoms with E-state index in [9.17, 15) is 14.4 Å². The van der Waals surface area contributed by atoms with E-state index in [1.165, 1.54) is 0 Å². The summed E-state index contributed by atoms with van der Waals surface area (Å²) < 4.78 is 10.9. The van der Waals surface area contributed by atoms with Gasteiger partial charge in [-0.05, 0) is 17.5 Å². The van der Waals surface area contributed by atoms with Gasteiger partial charge in [0.1, 0.15) is 12.6 Å². The first-order valence-corrected chi connectivity index (χ1v) is 9.59. The molecule has 0 saturated heterocycles. The van der Waals surface area contributed by atoms with E-state index in [1.807, 2.05) is 30.3 Å². The Bertz CT molecular complexity index is 823. The first-order chi connectivity index (χ1) is 13.4. The molecule has 0 aliphatic carbocycles. The number of carbonyl (C=O) groups is 3. The van der Waals surface area contributed by atoms with E-state index in [1.54, 1.807) is 38.1 Å². The second-order valence-electron chi connectivity index (χ2n) is 6.44. The molecular weight excluding hydrogens is 426 g/mol. The van der Waals surface area contributed by atoms with Crippen LogP contribution in [0.5, 0.6) is 0 Å². The molecule has 2 aromatic carbocycles. The maximum Gasteiger partial charge on any atom is 0.408 e. The third-order valence-corrected chi connectivity index (χ3v) is 4.62.